The van der Waals surface area contributed by atoms with E-state index in [4.69, 9.17) is 14.2 Å². The molecule has 0 atom stereocenters. The number of aromatic nitrogens is 2. The second kappa shape index (κ2) is 14.9. The fraction of sp³-hybridized carbons (Fsp3) is 0.333. The summed E-state index contributed by atoms with van der Waals surface area (Å²) in [5.41, 5.74) is 3.36. The van der Waals surface area contributed by atoms with Crippen molar-refractivity contribution in [1.82, 2.24) is 20.6 Å². The van der Waals surface area contributed by atoms with Crippen molar-refractivity contribution in [3.63, 3.8) is 0 Å². The van der Waals surface area contributed by atoms with Gasteiger partial charge in [-0.3, -0.25) is 9.59 Å². The average molecular weight is 686 g/mol. The number of anilines is 1. The van der Waals surface area contributed by atoms with Gasteiger partial charge >= 0.3 is 12.1 Å². The Morgan fingerprint density at radius 1 is 0.959 bits per heavy atom. The molecule has 12 nitrogen and oxygen atoms in total. The van der Waals surface area contributed by atoms with Crippen molar-refractivity contribution in [1.29, 1.82) is 0 Å². The molecule has 0 bridgehead atoms. The Labute approximate surface area is 288 Å². The summed E-state index contributed by atoms with van der Waals surface area (Å²) in [5.74, 6) is -0.864. The van der Waals surface area contributed by atoms with E-state index in [-0.39, 0.29) is 29.3 Å². The number of amides is 3. The van der Waals surface area contributed by atoms with E-state index in [1.807, 2.05) is 18.4 Å². The van der Waals surface area contributed by atoms with Crippen LogP contribution >= 0.6 is 11.3 Å². The van der Waals surface area contributed by atoms with Crippen molar-refractivity contribution in [3.8, 4) is 27.3 Å². The maximum Gasteiger partial charge on any atom is 0.407 e. The molecule has 256 valence electrons. The minimum atomic E-state index is -0.768. The summed E-state index contributed by atoms with van der Waals surface area (Å²) in [5, 5.41) is 10.4. The summed E-state index contributed by atoms with van der Waals surface area (Å²) in [6.45, 7) is 10.1. The van der Waals surface area contributed by atoms with Crippen molar-refractivity contribution in [2.75, 3.05) is 25.6 Å². The molecule has 4 aromatic rings. The number of hydrogen-bond acceptors (Lipinski definition) is 10. The summed E-state index contributed by atoms with van der Waals surface area (Å²) < 4.78 is 16.5. The fourth-order valence-corrected chi connectivity index (χ4v) is 6.20. The van der Waals surface area contributed by atoms with Crippen molar-refractivity contribution < 1.29 is 33.4 Å². The predicted molar refractivity (Wildman–Crippen MR) is 186 cm³/mol. The molecule has 4 heterocycles. The molecule has 0 saturated carbocycles. The summed E-state index contributed by atoms with van der Waals surface area (Å²) in [7, 11) is 1.23. The average Bonchev–Trinajstić information content (AvgIpc) is 3.46. The van der Waals surface area contributed by atoms with Crippen LogP contribution in [0.1, 0.15) is 82.3 Å². The molecular formula is C36H39N5O7S. The second-order valence-corrected chi connectivity index (χ2v) is 13.3. The van der Waals surface area contributed by atoms with E-state index in [0.717, 1.165) is 28.0 Å². The number of rotatable bonds is 9. The van der Waals surface area contributed by atoms with Crippen molar-refractivity contribution in [2.24, 2.45) is 0 Å². The molecule has 5 rings (SSSR count). The van der Waals surface area contributed by atoms with Crippen LogP contribution in [0, 0.1) is 6.92 Å². The van der Waals surface area contributed by atoms with Crippen molar-refractivity contribution >= 4 is 41.0 Å². The number of benzene rings is 1. The van der Waals surface area contributed by atoms with Crippen LogP contribution < -0.4 is 20.7 Å². The number of aryl methyl sites for hydroxylation is 1. The first-order valence-electron chi connectivity index (χ1n) is 15.9. The normalized spacial score (nSPS) is 12.0. The lowest BCUT2D eigenvalue weighted by Gasteiger charge is -2.20. The predicted octanol–water partition coefficient (Wildman–Crippen LogP) is 6.32. The molecule has 1 aromatic carbocycles. The SMILES string of the molecule is CCCNC(=O)c1ccc(-c2cc3c(cc2C(=O)Nc2ccc(CNC(=O)OC(C)(C)C)c(C)n2)-c2sccc2CCO3)c(C(=O)OC)n1. The number of hydrogen-bond donors (Lipinski definition) is 3. The third-order valence-corrected chi connectivity index (χ3v) is 8.57. The number of fused-ring (bicyclic) bond motifs is 3. The fourth-order valence-electron chi connectivity index (χ4n) is 5.22. The first-order valence-corrected chi connectivity index (χ1v) is 16.8. The first-order chi connectivity index (χ1) is 23.4. The molecule has 0 unspecified atom stereocenters. The van der Waals surface area contributed by atoms with Gasteiger partial charge in [-0.1, -0.05) is 13.0 Å². The second-order valence-electron chi connectivity index (χ2n) is 12.4. The van der Waals surface area contributed by atoms with Gasteiger partial charge in [-0.15, -0.1) is 11.3 Å². The number of nitrogens with zero attached hydrogens (tertiary/aromatic N) is 2. The first kappa shape index (κ1) is 35.0. The van der Waals surface area contributed by atoms with Crippen LogP contribution in [0.2, 0.25) is 0 Å². The van der Waals surface area contributed by atoms with Gasteiger partial charge in [0, 0.05) is 52.3 Å². The topological polar surface area (TPSA) is 158 Å². The largest absolute Gasteiger partial charge is 0.493 e. The number of esters is 1. The van der Waals surface area contributed by atoms with Crippen LogP contribution in [0.5, 0.6) is 5.75 Å². The highest BCUT2D eigenvalue weighted by Gasteiger charge is 2.27. The Kier molecular flexibility index (Phi) is 10.6. The van der Waals surface area contributed by atoms with Crippen LogP contribution in [-0.4, -0.2) is 59.7 Å². The van der Waals surface area contributed by atoms with E-state index < -0.39 is 29.5 Å². The quantitative estimate of drug-likeness (QED) is 0.172. The van der Waals surface area contributed by atoms with E-state index in [0.29, 0.717) is 42.1 Å². The highest BCUT2D eigenvalue weighted by molar-refractivity contribution is 7.13. The van der Waals surface area contributed by atoms with E-state index in [2.05, 4.69) is 25.9 Å². The highest BCUT2D eigenvalue weighted by atomic mass is 32.1. The molecular weight excluding hydrogens is 646 g/mol. The van der Waals surface area contributed by atoms with E-state index in [1.165, 1.54) is 13.2 Å². The van der Waals surface area contributed by atoms with Crippen LogP contribution in [0.25, 0.3) is 21.6 Å². The molecule has 3 amide bonds. The minimum Gasteiger partial charge on any atom is -0.493 e. The zero-order chi connectivity index (χ0) is 35.3. The van der Waals surface area contributed by atoms with Crippen molar-refractivity contribution in [3.05, 3.63) is 81.6 Å². The van der Waals surface area contributed by atoms with Gasteiger partial charge in [0.25, 0.3) is 11.8 Å². The number of carbonyl (C=O) groups excluding carboxylic acids is 4. The summed E-state index contributed by atoms with van der Waals surface area (Å²) in [4.78, 5) is 62.1. The number of thiophene rings is 1. The molecule has 49 heavy (non-hydrogen) atoms. The monoisotopic (exact) mass is 685 g/mol. The number of methoxy groups -OCH3 is 1. The third-order valence-electron chi connectivity index (χ3n) is 7.58. The summed E-state index contributed by atoms with van der Waals surface area (Å²) in [6.07, 6.45) is 0.875. The van der Waals surface area contributed by atoms with Crippen molar-refractivity contribution in [2.45, 2.75) is 59.6 Å². The lowest BCUT2D eigenvalue weighted by molar-refractivity contribution is 0.0521. The smallest absolute Gasteiger partial charge is 0.407 e. The van der Waals surface area contributed by atoms with Gasteiger partial charge < -0.3 is 30.2 Å². The minimum absolute atomic E-state index is 0.0405. The maximum atomic E-state index is 14.2. The van der Waals surface area contributed by atoms with Crippen LogP contribution in [-0.2, 0) is 22.4 Å². The lowest BCUT2D eigenvalue weighted by atomic mass is 9.93. The van der Waals surface area contributed by atoms with E-state index >= 15 is 0 Å². The zero-order valence-electron chi connectivity index (χ0n) is 28.3. The standard InChI is InChI=1S/C36H39N5O7S/c1-7-14-37-33(43)27-10-9-23(30(40-27)34(44)46-6)24-18-28-26(31-21(12-15-47-28)13-16-49-31)17-25(24)32(42)41-29-11-8-22(20(2)39-29)19-38-35(45)48-36(3,4)5/h8-11,13,16-18H,7,12,14-15,19H2,1-6H3,(H,37,43)(H,38,45)(H,39,41,42). The number of ether oxygens (including phenoxy) is 3. The van der Waals surface area contributed by atoms with Crippen LogP contribution in [0.15, 0.2) is 47.8 Å². The van der Waals surface area contributed by atoms with E-state index in [1.54, 1.807) is 69.4 Å². The van der Waals surface area contributed by atoms with Gasteiger partial charge in [-0.05, 0) is 87.0 Å². The Hall–Kier alpha value is -5.30. The molecule has 3 aromatic heterocycles. The summed E-state index contributed by atoms with van der Waals surface area (Å²) in [6, 6.07) is 12.0. The maximum absolute atomic E-state index is 14.2. The molecule has 0 aliphatic carbocycles. The molecule has 1 aliphatic heterocycles. The zero-order valence-corrected chi connectivity index (χ0v) is 29.1. The van der Waals surface area contributed by atoms with Gasteiger partial charge in [-0.25, -0.2) is 19.6 Å². The number of pyridine rings is 2. The van der Waals surface area contributed by atoms with Crippen LogP contribution in [0.4, 0.5) is 10.6 Å². The van der Waals surface area contributed by atoms with Gasteiger partial charge in [0.05, 0.1) is 13.7 Å². The number of nitrogens with one attached hydrogen (secondary N) is 3. The number of alkyl carbamates (subject to hydrolysis) is 1. The van der Waals surface area contributed by atoms with E-state index in [9.17, 15) is 19.2 Å². The third kappa shape index (κ3) is 8.23. The molecule has 0 fully saturated rings. The lowest BCUT2D eigenvalue weighted by Crippen LogP contribution is -2.32. The Bertz CT molecular complexity index is 1910. The molecule has 13 heteroatoms. The number of carbonyl (C=O) groups is 4. The molecule has 0 spiro atoms. The Morgan fingerprint density at radius 3 is 2.47 bits per heavy atom. The summed E-state index contributed by atoms with van der Waals surface area (Å²) >= 11 is 1.55. The van der Waals surface area contributed by atoms with Crippen LogP contribution in [0.3, 0.4) is 0 Å². The Morgan fingerprint density at radius 2 is 1.76 bits per heavy atom. The Balaban J connectivity index is 1.54. The van der Waals surface area contributed by atoms with Gasteiger partial charge in [0.2, 0.25) is 0 Å². The molecule has 0 saturated heterocycles. The van der Waals surface area contributed by atoms with Gasteiger partial charge in [0.15, 0.2) is 5.69 Å². The molecule has 3 N–H and O–H groups in total. The highest BCUT2D eigenvalue weighted by Crippen LogP contribution is 2.43. The molecule has 0 radical (unpaired) electrons. The molecule has 1 aliphatic rings. The van der Waals surface area contributed by atoms with Gasteiger partial charge in [0.1, 0.15) is 22.9 Å². The van der Waals surface area contributed by atoms with Gasteiger partial charge in [-0.2, -0.15) is 0 Å².